The normalized spacial score (nSPS) is 11.0. The molecule has 0 radical (unpaired) electrons. The predicted molar refractivity (Wildman–Crippen MR) is 91.0 cm³/mol. The van der Waals surface area contributed by atoms with Gasteiger partial charge in [-0.05, 0) is 36.2 Å². The molecule has 3 aromatic heterocycles. The summed E-state index contributed by atoms with van der Waals surface area (Å²) >= 11 is 0. The van der Waals surface area contributed by atoms with Crippen molar-refractivity contribution < 1.29 is 9.52 Å². The summed E-state index contributed by atoms with van der Waals surface area (Å²) in [4.78, 5) is 12.6. The first-order valence-electron chi connectivity index (χ1n) is 7.65. The standard InChI is InChI=1S/C16H15N7O2/c17-14-20-15(18-8-7-10-3-5-11(24)6-4-10)23-16(21-14)19-13(22-23)12-2-1-9-25-12/h1-6,9,24H,7-8H2,(H3,17,18,19,20,21,22). The zero-order valence-electron chi connectivity index (χ0n) is 13.1. The van der Waals surface area contributed by atoms with Gasteiger partial charge in [-0.2, -0.15) is 19.5 Å². The molecule has 0 bridgehead atoms. The highest BCUT2D eigenvalue weighted by Gasteiger charge is 2.14. The summed E-state index contributed by atoms with van der Waals surface area (Å²) in [6, 6.07) is 10.6. The van der Waals surface area contributed by atoms with Gasteiger partial charge in [0, 0.05) is 6.54 Å². The van der Waals surface area contributed by atoms with Crippen molar-refractivity contribution in [3.8, 4) is 17.3 Å². The first kappa shape index (κ1) is 14.9. The minimum absolute atomic E-state index is 0.109. The van der Waals surface area contributed by atoms with E-state index in [0.717, 1.165) is 12.0 Å². The van der Waals surface area contributed by atoms with E-state index in [1.165, 1.54) is 4.52 Å². The molecule has 0 aliphatic carbocycles. The summed E-state index contributed by atoms with van der Waals surface area (Å²) in [5.74, 6) is 2.09. The SMILES string of the molecule is Nc1nc(NCCc2ccc(O)cc2)n2nc(-c3ccco3)nc2n1. The summed E-state index contributed by atoms with van der Waals surface area (Å²) in [6.07, 6.45) is 2.29. The van der Waals surface area contributed by atoms with Crippen LogP contribution in [-0.4, -0.2) is 36.2 Å². The molecule has 9 heteroatoms. The number of phenolic OH excluding ortho intramolecular Hbond substituents is 1. The monoisotopic (exact) mass is 337 g/mol. The van der Waals surface area contributed by atoms with Gasteiger partial charge in [0.1, 0.15) is 5.75 Å². The number of aromatic nitrogens is 5. The van der Waals surface area contributed by atoms with Gasteiger partial charge in [0.15, 0.2) is 5.76 Å². The fourth-order valence-electron chi connectivity index (χ4n) is 2.41. The molecule has 25 heavy (non-hydrogen) atoms. The highest BCUT2D eigenvalue weighted by molar-refractivity contribution is 5.52. The van der Waals surface area contributed by atoms with Crippen molar-refractivity contribution >= 4 is 17.7 Å². The second-order valence-electron chi connectivity index (χ2n) is 5.37. The Hall–Kier alpha value is -3.62. The second kappa shape index (κ2) is 6.11. The lowest BCUT2D eigenvalue weighted by atomic mass is 10.1. The predicted octanol–water partition coefficient (Wildman–Crippen LogP) is 1.72. The molecule has 0 saturated carbocycles. The van der Waals surface area contributed by atoms with E-state index < -0.39 is 0 Å². The molecule has 0 unspecified atom stereocenters. The first-order chi connectivity index (χ1) is 12.2. The molecule has 0 spiro atoms. The lowest BCUT2D eigenvalue weighted by molar-refractivity contribution is 0.475. The molecule has 1 aromatic carbocycles. The number of aromatic hydroxyl groups is 1. The van der Waals surface area contributed by atoms with Gasteiger partial charge in [-0.1, -0.05) is 12.1 Å². The smallest absolute Gasteiger partial charge is 0.259 e. The van der Waals surface area contributed by atoms with Gasteiger partial charge in [-0.3, -0.25) is 0 Å². The fourth-order valence-corrected chi connectivity index (χ4v) is 2.41. The summed E-state index contributed by atoms with van der Waals surface area (Å²) in [5.41, 5.74) is 6.84. The van der Waals surface area contributed by atoms with Gasteiger partial charge in [-0.15, -0.1) is 5.10 Å². The highest BCUT2D eigenvalue weighted by Crippen LogP contribution is 2.18. The van der Waals surface area contributed by atoms with Gasteiger partial charge in [-0.25, -0.2) is 0 Å². The lowest BCUT2D eigenvalue weighted by Crippen LogP contribution is -2.13. The second-order valence-corrected chi connectivity index (χ2v) is 5.37. The maximum atomic E-state index is 9.32. The lowest BCUT2D eigenvalue weighted by Gasteiger charge is -2.07. The van der Waals surface area contributed by atoms with Gasteiger partial charge in [0.25, 0.3) is 5.78 Å². The number of furan rings is 1. The maximum absolute atomic E-state index is 9.32. The van der Waals surface area contributed by atoms with E-state index in [1.54, 1.807) is 30.5 Å². The first-order valence-corrected chi connectivity index (χ1v) is 7.65. The Morgan fingerprint density at radius 3 is 2.72 bits per heavy atom. The average Bonchev–Trinajstić information content (AvgIpc) is 3.25. The fraction of sp³-hybridized carbons (Fsp3) is 0.125. The van der Waals surface area contributed by atoms with Crippen LogP contribution in [0.5, 0.6) is 5.75 Å². The van der Waals surface area contributed by atoms with E-state index in [-0.39, 0.29) is 11.7 Å². The third-order valence-corrected chi connectivity index (χ3v) is 3.60. The van der Waals surface area contributed by atoms with Crippen LogP contribution in [0.25, 0.3) is 17.4 Å². The van der Waals surface area contributed by atoms with Crippen molar-refractivity contribution in [2.75, 3.05) is 17.6 Å². The van der Waals surface area contributed by atoms with E-state index in [9.17, 15) is 5.11 Å². The molecule has 126 valence electrons. The Bertz CT molecular complexity index is 993. The molecule has 4 N–H and O–H groups in total. The molecule has 0 atom stereocenters. The zero-order valence-corrected chi connectivity index (χ0v) is 13.1. The van der Waals surface area contributed by atoms with Crippen LogP contribution in [0.2, 0.25) is 0 Å². The number of rotatable bonds is 5. The van der Waals surface area contributed by atoms with Crippen LogP contribution in [0.4, 0.5) is 11.9 Å². The molecule has 4 aromatic rings. The Morgan fingerprint density at radius 1 is 1.12 bits per heavy atom. The molecular formula is C16H15N7O2. The number of hydrogen-bond acceptors (Lipinski definition) is 8. The van der Waals surface area contributed by atoms with Crippen molar-refractivity contribution in [1.29, 1.82) is 0 Å². The number of nitrogens with zero attached hydrogens (tertiary/aromatic N) is 5. The topological polar surface area (TPSA) is 127 Å². The van der Waals surface area contributed by atoms with E-state index in [0.29, 0.717) is 29.9 Å². The van der Waals surface area contributed by atoms with Crippen molar-refractivity contribution in [3.63, 3.8) is 0 Å². The Morgan fingerprint density at radius 2 is 1.96 bits per heavy atom. The molecule has 4 rings (SSSR count). The highest BCUT2D eigenvalue weighted by atomic mass is 16.3. The molecule has 0 saturated heterocycles. The third kappa shape index (κ3) is 3.07. The molecular weight excluding hydrogens is 322 g/mol. The minimum atomic E-state index is 0.109. The van der Waals surface area contributed by atoms with Crippen molar-refractivity contribution in [1.82, 2.24) is 24.6 Å². The molecule has 0 fully saturated rings. The van der Waals surface area contributed by atoms with Crippen LogP contribution < -0.4 is 11.1 Å². The quantitative estimate of drug-likeness (QED) is 0.502. The van der Waals surface area contributed by atoms with Gasteiger partial charge >= 0.3 is 0 Å². The number of fused-ring (bicyclic) bond motifs is 1. The Kier molecular flexibility index (Phi) is 3.65. The third-order valence-electron chi connectivity index (χ3n) is 3.60. The summed E-state index contributed by atoms with van der Waals surface area (Å²) in [7, 11) is 0. The number of hydrogen-bond donors (Lipinski definition) is 3. The van der Waals surface area contributed by atoms with Crippen LogP contribution >= 0.6 is 0 Å². The summed E-state index contributed by atoms with van der Waals surface area (Å²) < 4.78 is 6.80. The number of nitrogen functional groups attached to an aromatic ring is 1. The average molecular weight is 337 g/mol. The maximum Gasteiger partial charge on any atom is 0.259 e. The number of benzene rings is 1. The Labute approximate surface area is 142 Å². The summed E-state index contributed by atoms with van der Waals surface area (Å²) in [6.45, 7) is 0.603. The summed E-state index contributed by atoms with van der Waals surface area (Å²) in [5, 5.41) is 16.9. The molecule has 9 nitrogen and oxygen atoms in total. The zero-order chi connectivity index (χ0) is 17.2. The largest absolute Gasteiger partial charge is 0.508 e. The number of nitrogens with one attached hydrogen (secondary N) is 1. The Balaban J connectivity index is 1.57. The van der Waals surface area contributed by atoms with Crippen molar-refractivity contribution in [2.45, 2.75) is 6.42 Å². The van der Waals surface area contributed by atoms with Gasteiger partial charge in [0.2, 0.25) is 17.7 Å². The van der Waals surface area contributed by atoms with Gasteiger partial charge in [0.05, 0.1) is 6.26 Å². The van der Waals surface area contributed by atoms with Crippen molar-refractivity contribution in [2.24, 2.45) is 0 Å². The molecule has 0 amide bonds. The van der Waals surface area contributed by atoms with Crippen molar-refractivity contribution in [3.05, 3.63) is 48.2 Å². The molecule has 0 aliphatic heterocycles. The molecule has 3 heterocycles. The van der Waals surface area contributed by atoms with Crippen LogP contribution in [0, 0.1) is 0 Å². The minimum Gasteiger partial charge on any atom is -0.508 e. The van der Waals surface area contributed by atoms with Gasteiger partial charge < -0.3 is 20.6 Å². The number of nitrogens with two attached hydrogens (primary N) is 1. The van der Waals surface area contributed by atoms with Crippen LogP contribution in [-0.2, 0) is 6.42 Å². The van der Waals surface area contributed by atoms with E-state index in [2.05, 4.69) is 25.4 Å². The van der Waals surface area contributed by atoms with E-state index >= 15 is 0 Å². The van der Waals surface area contributed by atoms with Crippen LogP contribution in [0.1, 0.15) is 5.56 Å². The molecule has 0 aliphatic rings. The van der Waals surface area contributed by atoms with E-state index in [1.807, 2.05) is 12.1 Å². The number of phenols is 1. The van der Waals surface area contributed by atoms with E-state index in [4.69, 9.17) is 10.2 Å². The van der Waals surface area contributed by atoms with Crippen LogP contribution in [0.3, 0.4) is 0 Å². The number of anilines is 2. The van der Waals surface area contributed by atoms with Crippen LogP contribution in [0.15, 0.2) is 47.1 Å².